The molecule has 2 aromatic rings. The van der Waals surface area contributed by atoms with Gasteiger partial charge < -0.3 is 0 Å². The molecule has 0 atom stereocenters. The summed E-state index contributed by atoms with van der Waals surface area (Å²) in [6, 6.07) is 5.77. The highest BCUT2D eigenvalue weighted by atomic mass is 35.5. The summed E-state index contributed by atoms with van der Waals surface area (Å²) in [4.78, 5) is 30.3. The zero-order valence-electron chi connectivity index (χ0n) is 11.3. The Morgan fingerprint density at radius 1 is 1.29 bits per heavy atom. The van der Waals surface area contributed by atoms with Gasteiger partial charge in [-0.2, -0.15) is 0 Å². The van der Waals surface area contributed by atoms with Gasteiger partial charge in [0.15, 0.2) is 0 Å². The summed E-state index contributed by atoms with van der Waals surface area (Å²) in [5, 5.41) is 13.5. The number of halogens is 1. The number of nitro groups is 1. The maximum Gasteiger partial charge on any atom is 0.273 e. The van der Waals surface area contributed by atoms with Crippen molar-refractivity contribution < 1.29 is 9.72 Å². The highest BCUT2D eigenvalue weighted by Crippen LogP contribution is 2.20. The van der Waals surface area contributed by atoms with E-state index in [0.717, 1.165) is 0 Å². The van der Waals surface area contributed by atoms with Crippen molar-refractivity contribution in [3.05, 3.63) is 56.4 Å². The molecule has 0 saturated carbocycles. The van der Waals surface area contributed by atoms with Crippen LogP contribution < -0.4 is 5.32 Å². The van der Waals surface area contributed by atoms with E-state index in [4.69, 9.17) is 11.6 Å². The van der Waals surface area contributed by atoms with Crippen LogP contribution in [0.15, 0.2) is 24.3 Å². The van der Waals surface area contributed by atoms with Gasteiger partial charge in [0.1, 0.15) is 5.15 Å². The fraction of sp³-hybridized carbons (Fsp3) is 0.154. The van der Waals surface area contributed by atoms with Crippen LogP contribution in [0.4, 0.5) is 11.6 Å². The number of benzene rings is 1. The van der Waals surface area contributed by atoms with Crippen LogP contribution in [0.25, 0.3) is 0 Å². The van der Waals surface area contributed by atoms with Crippen LogP contribution in [-0.2, 0) is 0 Å². The second-order valence-electron chi connectivity index (χ2n) is 4.37. The first-order valence-corrected chi connectivity index (χ1v) is 6.32. The molecule has 0 aliphatic rings. The molecule has 0 unspecified atom stereocenters. The van der Waals surface area contributed by atoms with Crippen LogP contribution in [0.2, 0.25) is 5.15 Å². The Labute approximate surface area is 125 Å². The topological polar surface area (TPSA) is 98.0 Å². The van der Waals surface area contributed by atoms with E-state index in [1.165, 1.54) is 18.2 Å². The lowest BCUT2D eigenvalue weighted by atomic mass is 10.1. The number of nitro benzene ring substituents is 1. The van der Waals surface area contributed by atoms with Crippen molar-refractivity contribution in [3.63, 3.8) is 0 Å². The minimum absolute atomic E-state index is 0.0493. The van der Waals surface area contributed by atoms with Crippen LogP contribution >= 0.6 is 11.6 Å². The number of carbonyl (C=O) groups excluding carboxylic acids is 1. The number of rotatable bonds is 3. The molecular weight excluding hydrogens is 296 g/mol. The molecule has 8 heteroatoms. The van der Waals surface area contributed by atoms with Crippen molar-refractivity contribution in [1.29, 1.82) is 0 Å². The second kappa shape index (κ2) is 5.84. The maximum atomic E-state index is 12.1. The summed E-state index contributed by atoms with van der Waals surface area (Å²) in [6.45, 7) is 3.31. The molecule has 2 rings (SSSR count). The highest BCUT2D eigenvalue weighted by molar-refractivity contribution is 6.29. The third-order valence-electron chi connectivity index (χ3n) is 2.72. The van der Waals surface area contributed by atoms with E-state index >= 15 is 0 Å². The minimum atomic E-state index is -0.542. The van der Waals surface area contributed by atoms with Crippen LogP contribution in [0.3, 0.4) is 0 Å². The monoisotopic (exact) mass is 306 g/mol. The lowest BCUT2D eigenvalue weighted by Crippen LogP contribution is -2.15. The van der Waals surface area contributed by atoms with Crippen LogP contribution in [0.5, 0.6) is 0 Å². The van der Waals surface area contributed by atoms with Gasteiger partial charge in [0.25, 0.3) is 11.6 Å². The standard InChI is InChI=1S/C13H11ClN4O3/c1-7-3-4-9(6-10(7)18(20)21)12(19)17-13-15-8(2)5-11(14)16-13/h3-6H,1-2H3,(H,15,16,17,19). The predicted octanol–water partition coefficient (Wildman–Crippen LogP) is 2.91. The molecule has 1 aromatic heterocycles. The summed E-state index contributed by atoms with van der Waals surface area (Å²) < 4.78 is 0. The summed E-state index contributed by atoms with van der Waals surface area (Å²) in [7, 11) is 0. The second-order valence-corrected chi connectivity index (χ2v) is 4.76. The van der Waals surface area contributed by atoms with Crippen molar-refractivity contribution in [2.45, 2.75) is 13.8 Å². The van der Waals surface area contributed by atoms with E-state index in [1.54, 1.807) is 19.9 Å². The summed E-state index contributed by atoms with van der Waals surface area (Å²) >= 11 is 5.78. The minimum Gasteiger partial charge on any atom is -0.290 e. The van der Waals surface area contributed by atoms with Gasteiger partial charge in [0.2, 0.25) is 5.95 Å². The first kappa shape index (κ1) is 14.9. The number of aromatic nitrogens is 2. The molecule has 1 aromatic carbocycles. The van der Waals surface area contributed by atoms with Crippen molar-refractivity contribution in [2.75, 3.05) is 5.32 Å². The van der Waals surface area contributed by atoms with E-state index < -0.39 is 10.8 Å². The Morgan fingerprint density at radius 2 is 2.00 bits per heavy atom. The Hall–Kier alpha value is -2.54. The third kappa shape index (κ3) is 3.51. The largest absolute Gasteiger partial charge is 0.290 e. The van der Waals surface area contributed by atoms with E-state index in [1.807, 2.05) is 0 Å². The van der Waals surface area contributed by atoms with E-state index in [2.05, 4.69) is 15.3 Å². The normalized spacial score (nSPS) is 10.2. The zero-order chi connectivity index (χ0) is 15.6. The van der Waals surface area contributed by atoms with Crippen LogP contribution in [0, 0.1) is 24.0 Å². The highest BCUT2D eigenvalue weighted by Gasteiger charge is 2.16. The van der Waals surface area contributed by atoms with Crippen LogP contribution in [-0.4, -0.2) is 20.8 Å². The van der Waals surface area contributed by atoms with E-state index in [0.29, 0.717) is 11.3 Å². The number of aryl methyl sites for hydroxylation is 2. The smallest absolute Gasteiger partial charge is 0.273 e. The fourth-order valence-electron chi connectivity index (χ4n) is 1.71. The molecule has 0 fully saturated rings. The first-order valence-electron chi connectivity index (χ1n) is 5.94. The summed E-state index contributed by atoms with van der Waals surface area (Å²) in [5.74, 6) is -0.493. The van der Waals surface area contributed by atoms with Gasteiger partial charge >= 0.3 is 0 Å². The van der Waals surface area contributed by atoms with Crippen molar-refractivity contribution in [3.8, 4) is 0 Å². The third-order valence-corrected chi connectivity index (χ3v) is 2.91. The summed E-state index contributed by atoms with van der Waals surface area (Å²) in [6.07, 6.45) is 0. The number of anilines is 1. The van der Waals surface area contributed by atoms with Gasteiger partial charge in [0, 0.05) is 22.9 Å². The van der Waals surface area contributed by atoms with Crippen molar-refractivity contribution >= 4 is 29.1 Å². The molecule has 1 heterocycles. The fourth-order valence-corrected chi connectivity index (χ4v) is 1.95. The van der Waals surface area contributed by atoms with Gasteiger partial charge in [-0.3, -0.25) is 20.2 Å². The predicted molar refractivity (Wildman–Crippen MR) is 77.6 cm³/mol. The molecule has 0 spiro atoms. The SMILES string of the molecule is Cc1cc(Cl)nc(NC(=O)c2ccc(C)c([N+](=O)[O-])c2)n1. The van der Waals surface area contributed by atoms with Gasteiger partial charge in [-0.15, -0.1) is 0 Å². The molecule has 0 aliphatic heterocycles. The molecule has 0 saturated heterocycles. The van der Waals surface area contributed by atoms with Gasteiger partial charge in [-0.1, -0.05) is 17.7 Å². The number of hydrogen-bond donors (Lipinski definition) is 1. The summed E-state index contributed by atoms with van der Waals surface area (Å²) in [5.41, 5.74) is 1.10. The average Bonchev–Trinajstić information content (AvgIpc) is 2.37. The number of carbonyl (C=O) groups is 1. The first-order chi connectivity index (χ1) is 9.86. The molecule has 0 bridgehead atoms. The lowest BCUT2D eigenvalue weighted by molar-refractivity contribution is -0.385. The molecule has 0 aliphatic carbocycles. The zero-order valence-corrected chi connectivity index (χ0v) is 12.0. The Kier molecular flexibility index (Phi) is 4.13. The molecular formula is C13H11ClN4O3. The molecule has 7 nitrogen and oxygen atoms in total. The van der Waals surface area contributed by atoms with Crippen molar-refractivity contribution in [1.82, 2.24) is 9.97 Å². The lowest BCUT2D eigenvalue weighted by Gasteiger charge is -2.05. The Bertz CT molecular complexity index is 713. The number of hydrogen-bond acceptors (Lipinski definition) is 5. The molecule has 108 valence electrons. The van der Waals surface area contributed by atoms with Gasteiger partial charge in [-0.05, 0) is 26.0 Å². The molecule has 1 N–H and O–H groups in total. The van der Waals surface area contributed by atoms with Crippen LogP contribution in [0.1, 0.15) is 21.6 Å². The number of nitrogens with zero attached hydrogens (tertiary/aromatic N) is 3. The van der Waals surface area contributed by atoms with Gasteiger partial charge in [0.05, 0.1) is 4.92 Å². The van der Waals surface area contributed by atoms with E-state index in [9.17, 15) is 14.9 Å². The Morgan fingerprint density at radius 3 is 2.62 bits per heavy atom. The molecule has 21 heavy (non-hydrogen) atoms. The van der Waals surface area contributed by atoms with Crippen molar-refractivity contribution in [2.24, 2.45) is 0 Å². The number of nitrogens with one attached hydrogen (secondary N) is 1. The number of amides is 1. The van der Waals surface area contributed by atoms with Gasteiger partial charge in [-0.25, -0.2) is 9.97 Å². The molecule has 0 radical (unpaired) electrons. The molecule has 1 amide bonds. The Balaban J connectivity index is 2.28. The average molecular weight is 307 g/mol. The quantitative estimate of drug-likeness (QED) is 0.534. The maximum absolute atomic E-state index is 12.1. The van der Waals surface area contributed by atoms with E-state index in [-0.39, 0.29) is 22.4 Å².